The fourth-order valence-corrected chi connectivity index (χ4v) is 4.20. The van der Waals surface area contributed by atoms with Crippen molar-refractivity contribution < 1.29 is 9.59 Å². The zero-order valence-electron chi connectivity index (χ0n) is 14.2. The molecule has 3 aliphatic rings. The first-order valence-electron chi connectivity index (χ1n) is 8.61. The van der Waals surface area contributed by atoms with E-state index in [9.17, 15) is 9.59 Å². The number of amides is 2. The maximum absolute atomic E-state index is 12.8. The van der Waals surface area contributed by atoms with Crippen LogP contribution >= 0.6 is 0 Å². The molecule has 0 aromatic carbocycles. The molecule has 1 N–H and O–H groups in total. The maximum Gasteiger partial charge on any atom is 0.227 e. The van der Waals surface area contributed by atoms with Gasteiger partial charge in [0, 0.05) is 38.1 Å². The average Bonchev–Trinajstić information content (AvgIpc) is 3.06. The lowest BCUT2D eigenvalue weighted by molar-refractivity contribution is -0.138. The van der Waals surface area contributed by atoms with Crippen LogP contribution in [0, 0.1) is 11.3 Å². The van der Waals surface area contributed by atoms with Gasteiger partial charge in [0.15, 0.2) is 0 Å². The van der Waals surface area contributed by atoms with Gasteiger partial charge in [0.05, 0.1) is 5.92 Å². The predicted octanol–water partition coefficient (Wildman–Crippen LogP) is 1.24. The summed E-state index contributed by atoms with van der Waals surface area (Å²) in [5.74, 6) is 0.183. The van der Waals surface area contributed by atoms with Crippen molar-refractivity contribution in [2.24, 2.45) is 11.3 Å². The first kappa shape index (κ1) is 15.8. The van der Waals surface area contributed by atoms with Gasteiger partial charge >= 0.3 is 0 Å². The van der Waals surface area contributed by atoms with Crippen molar-refractivity contribution in [2.45, 2.75) is 52.0 Å². The third-order valence-corrected chi connectivity index (χ3v) is 5.75. The minimum Gasteiger partial charge on any atom is -0.342 e. The summed E-state index contributed by atoms with van der Waals surface area (Å²) in [5, 5.41) is 3.46. The molecule has 3 fully saturated rings. The molecule has 124 valence electrons. The molecule has 0 aromatic rings. The van der Waals surface area contributed by atoms with Gasteiger partial charge in [0.1, 0.15) is 0 Å². The number of nitrogens with zero attached hydrogens (tertiary/aromatic N) is 2. The third kappa shape index (κ3) is 2.87. The van der Waals surface area contributed by atoms with Crippen LogP contribution in [0.3, 0.4) is 0 Å². The second-order valence-electron chi connectivity index (χ2n) is 8.33. The highest BCUT2D eigenvalue weighted by molar-refractivity contribution is 5.89. The van der Waals surface area contributed by atoms with Crippen LogP contribution in [0.4, 0.5) is 0 Å². The second kappa shape index (κ2) is 5.52. The molecule has 0 saturated carbocycles. The molecule has 0 radical (unpaired) electrons. The van der Waals surface area contributed by atoms with Crippen molar-refractivity contribution in [1.29, 1.82) is 0 Å². The van der Waals surface area contributed by atoms with E-state index in [0.717, 1.165) is 39.0 Å². The van der Waals surface area contributed by atoms with Crippen LogP contribution in [0.15, 0.2) is 0 Å². The summed E-state index contributed by atoms with van der Waals surface area (Å²) < 4.78 is 0. The molecule has 1 unspecified atom stereocenters. The van der Waals surface area contributed by atoms with E-state index >= 15 is 0 Å². The molecule has 5 heteroatoms. The zero-order valence-corrected chi connectivity index (χ0v) is 14.2. The lowest BCUT2D eigenvalue weighted by Gasteiger charge is -2.40. The minimum atomic E-state index is -0.187. The van der Waals surface area contributed by atoms with Crippen molar-refractivity contribution in [3.8, 4) is 0 Å². The SMILES string of the molecule is CC(C)(C)N1CC(C(=O)N2CCC3(CCNC3)CC2)CC1=O. The molecular weight excluding hydrogens is 278 g/mol. The summed E-state index contributed by atoms with van der Waals surface area (Å²) >= 11 is 0. The Morgan fingerprint density at radius 2 is 1.91 bits per heavy atom. The van der Waals surface area contributed by atoms with E-state index in [1.807, 2.05) is 30.6 Å². The monoisotopic (exact) mass is 307 g/mol. The van der Waals surface area contributed by atoms with Gasteiger partial charge in [-0.2, -0.15) is 0 Å². The number of carbonyl (C=O) groups excluding carboxylic acids is 2. The fraction of sp³-hybridized carbons (Fsp3) is 0.882. The molecule has 3 saturated heterocycles. The highest BCUT2D eigenvalue weighted by atomic mass is 16.2. The molecular formula is C17H29N3O2. The molecule has 22 heavy (non-hydrogen) atoms. The van der Waals surface area contributed by atoms with Gasteiger partial charge in [-0.1, -0.05) is 0 Å². The number of nitrogens with one attached hydrogen (secondary N) is 1. The first-order valence-corrected chi connectivity index (χ1v) is 8.61. The van der Waals surface area contributed by atoms with Crippen LogP contribution in [-0.4, -0.2) is 59.9 Å². The Kier molecular flexibility index (Phi) is 3.96. The largest absolute Gasteiger partial charge is 0.342 e. The molecule has 3 aliphatic heterocycles. The molecule has 3 heterocycles. The molecule has 3 rings (SSSR count). The Morgan fingerprint density at radius 3 is 2.41 bits per heavy atom. The number of piperidine rings is 1. The average molecular weight is 307 g/mol. The van der Waals surface area contributed by atoms with Crippen molar-refractivity contribution in [3.63, 3.8) is 0 Å². The van der Waals surface area contributed by atoms with Crippen LogP contribution in [0.25, 0.3) is 0 Å². The number of carbonyl (C=O) groups is 2. The smallest absolute Gasteiger partial charge is 0.227 e. The van der Waals surface area contributed by atoms with E-state index in [2.05, 4.69) is 5.32 Å². The predicted molar refractivity (Wildman–Crippen MR) is 85.3 cm³/mol. The standard InChI is InChI=1S/C17H29N3O2/c1-16(2,3)20-11-13(10-14(20)21)15(22)19-8-5-17(6-9-19)4-7-18-12-17/h13,18H,4-12H2,1-3H3. The summed E-state index contributed by atoms with van der Waals surface area (Å²) in [7, 11) is 0. The Labute approximate surface area is 133 Å². The Bertz CT molecular complexity index is 453. The Hall–Kier alpha value is -1.10. The van der Waals surface area contributed by atoms with Crippen LogP contribution in [0.1, 0.15) is 46.5 Å². The highest BCUT2D eigenvalue weighted by Crippen LogP contribution is 2.37. The third-order valence-electron chi connectivity index (χ3n) is 5.75. The van der Waals surface area contributed by atoms with E-state index in [-0.39, 0.29) is 23.3 Å². The van der Waals surface area contributed by atoms with Crippen LogP contribution < -0.4 is 5.32 Å². The van der Waals surface area contributed by atoms with Crippen molar-refractivity contribution in [3.05, 3.63) is 0 Å². The van der Waals surface area contributed by atoms with Crippen LogP contribution in [-0.2, 0) is 9.59 Å². The van der Waals surface area contributed by atoms with Gasteiger partial charge in [-0.25, -0.2) is 0 Å². The molecule has 0 aliphatic carbocycles. The van der Waals surface area contributed by atoms with E-state index in [4.69, 9.17) is 0 Å². The quantitative estimate of drug-likeness (QED) is 0.793. The van der Waals surface area contributed by atoms with Crippen LogP contribution in [0.2, 0.25) is 0 Å². The molecule has 1 spiro atoms. The van der Waals surface area contributed by atoms with Gasteiger partial charge in [0.2, 0.25) is 11.8 Å². The van der Waals surface area contributed by atoms with E-state index in [0.29, 0.717) is 18.4 Å². The lowest BCUT2D eigenvalue weighted by Crippen LogP contribution is -2.47. The van der Waals surface area contributed by atoms with Gasteiger partial charge in [0.25, 0.3) is 0 Å². The summed E-state index contributed by atoms with van der Waals surface area (Å²) in [6.45, 7) is 10.6. The summed E-state index contributed by atoms with van der Waals surface area (Å²) in [6, 6.07) is 0. The van der Waals surface area contributed by atoms with Crippen LogP contribution in [0.5, 0.6) is 0 Å². The van der Waals surface area contributed by atoms with Gasteiger partial charge in [-0.15, -0.1) is 0 Å². The van der Waals surface area contributed by atoms with Crippen molar-refractivity contribution in [1.82, 2.24) is 15.1 Å². The Balaban J connectivity index is 1.58. The summed E-state index contributed by atoms with van der Waals surface area (Å²) in [4.78, 5) is 28.8. The highest BCUT2D eigenvalue weighted by Gasteiger charge is 2.43. The topological polar surface area (TPSA) is 52.7 Å². The molecule has 1 atom stereocenters. The van der Waals surface area contributed by atoms with Crippen molar-refractivity contribution >= 4 is 11.8 Å². The minimum absolute atomic E-state index is 0.124. The van der Waals surface area contributed by atoms with E-state index < -0.39 is 0 Å². The number of rotatable bonds is 1. The lowest BCUT2D eigenvalue weighted by atomic mass is 9.77. The molecule has 0 bridgehead atoms. The van der Waals surface area contributed by atoms with Gasteiger partial charge in [-0.3, -0.25) is 9.59 Å². The molecule has 0 aromatic heterocycles. The number of likely N-dealkylation sites (tertiary alicyclic amines) is 2. The Morgan fingerprint density at radius 1 is 1.23 bits per heavy atom. The number of hydrogen-bond acceptors (Lipinski definition) is 3. The van der Waals surface area contributed by atoms with Gasteiger partial charge in [-0.05, 0) is 52.0 Å². The normalized spacial score (nSPS) is 28.7. The number of hydrogen-bond donors (Lipinski definition) is 1. The van der Waals surface area contributed by atoms with E-state index in [1.165, 1.54) is 6.42 Å². The summed E-state index contributed by atoms with van der Waals surface area (Å²) in [6.07, 6.45) is 3.85. The molecule has 5 nitrogen and oxygen atoms in total. The van der Waals surface area contributed by atoms with E-state index in [1.54, 1.807) is 0 Å². The van der Waals surface area contributed by atoms with Crippen molar-refractivity contribution in [2.75, 3.05) is 32.7 Å². The second-order valence-corrected chi connectivity index (χ2v) is 8.33. The zero-order chi connectivity index (χ0) is 16.0. The summed E-state index contributed by atoms with van der Waals surface area (Å²) in [5.41, 5.74) is 0.243. The first-order chi connectivity index (χ1) is 10.3. The van der Waals surface area contributed by atoms with Gasteiger partial charge < -0.3 is 15.1 Å². The fourth-order valence-electron chi connectivity index (χ4n) is 4.20. The molecule has 2 amide bonds. The maximum atomic E-state index is 12.8.